The van der Waals surface area contributed by atoms with Crippen molar-refractivity contribution in [1.82, 2.24) is 4.90 Å². The van der Waals surface area contributed by atoms with E-state index in [4.69, 9.17) is 0 Å². The van der Waals surface area contributed by atoms with Gasteiger partial charge in [0.25, 0.3) is 0 Å². The fraction of sp³-hybridized carbons (Fsp3) is 0.385. The molecule has 0 aliphatic rings. The molecular weight excluding hydrogens is 330 g/mol. The fourth-order valence-electron chi connectivity index (χ4n) is 1.37. The second kappa shape index (κ2) is 7.55. The largest absolute Gasteiger partial charge is 0.468 e. The number of ether oxygens (including phenoxy) is 1. The van der Waals surface area contributed by atoms with Crippen molar-refractivity contribution in [3.63, 3.8) is 0 Å². The average molecular weight is 346 g/mol. The molecule has 0 aliphatic carbocycles. The number of rotatable bonds is 5. The lowest BCUT2D eigenvalue weighted by atomic mass is 10.2. The quantitative estimate of drug-likeness (QED) is 0.607. The van der Waals surface area contributed by atoms with E-state index in [1.807, 2.05) is 25.1 Å². The van der Waals surface area contributed by atoms with Crippen LogP contribution in [0.25, 0.3) is 0 Å². The molecule has 0 aromatic heterocycles. The zero-order chi connectivity index (χ0) is 14.4. The van der Waals surface area contributed by atoms with Crippen LogP contribution in [0.1, 0.15) is 5.56 Å². The second-order valence-electron chi connectivity index (χ2n) is 4.02. The minimum Gasteiger partial charge on any atom is -0.468 e. The minimum atomic E-state index is -0.416. The van der Waals surface area contributed by atoms with Gasteiger partial charge in [0.1, 0.15) is 6.54 Å². The van der Waals surface area contributed by atoms with E-state index >= 15 is 0 Å². The van der Waals surface area contributed by atoms with E-state index in [0.717, 1.165) is 14.9 Å². The molecule has 0 heterocycles. The SMILES string of the molecule is COC(=O)CN(C)C(=O)CSc1ccc(Br)cc1C. The Morgan fingerprint density at radius 2 is 2.11 bits per heavy atom. The van der Waals surface area contributed by atoms with E-state index in [2.05, 4.69) is 20.7 Å². The van der Waals surface area contributed by atoms with Gasteiger partial charge in [0.2, 0.25) is 5.91 Å². The third kappa shape index (κ3) is 5.24. The molecule has 0 spiro atoms. The van der Waals surface area contributed by atoms with Crippen molar-refractivity contribution in [2.45, 2.75) is 11.8 Å². The highest BCUT2D eigenvalue weighted by atomic mass is 79.9. The van der Waals surface area contributed by atoms with Gasteiger partial charge in [0.15, 0.2) is 0 Å². The van der Waals surface area contributed by atoms with Gasteiger partial charge in [0.05, 0.1) is 12.9 Å². The topological polar surface area (TPSA) is 46.6 Å². The number of hydrogen-bond acceptors (Lipinski definition) is 4. The number of carbonyl (C=O) groups is 2. The van der Waals surface area contributed by atoms with Gasteiger partial charge in [-0.25, -0.2) is 0 Å². The lowest BCUT2D eigenvalue weighted by Crippen LogP contribution is -2.33. The van der Waals surface area contributed by atoms with E-state index in [0.29, 0.717) is 5.75 Å². The lowest BCUT2D eigenvalue weighted by Gasteiger charge is -2.15. The fourth-order valence-corrected chi connectivity index (χ4v) is 2.80. The first kappa shape index (κ1) is 16.0. The van der Waals surface area contributed by atoms with Gasteiger partial charge >= 0.3 is 5.97 Å². The standard InChI is InChI=1S/C13H16BrNO3S/c1-9-6-10(14)4-5-11(9)19-8-12(16)15(2)7-13(17)18-3/h4-6H,7-8H2,1-3H3. The van der Waals surface area contributed by atoms with E-state index in [1.165, 1.54) is 23.8 Å². The Bertz CT molecular complexity index is 479. The number of aryl methyl sites for hydroxylation is 1. The maximum atomic E-state index is 11.8. The number of likely N-dealkylation sites (N-methyl/N-ethyl adjacent to an activating group) is 1. The van der Waals surface area contributed by atoms with Crippen molar-refractivity contribution in [3.05, 3.63) is 28.2 Å². The first-order valence-electron chi connectivity index (χ1n) is 5.63. The normalized spacial score (nSPS) is 10.1. The zero-order valence-corrected chi connectivity index (χ0v) is 13.5. The molecule has 0 aliphatic heterocycles. The number of amides is 1. The summed E-state index contributed by atoms with van der Waals surface area (Å²) in [7, 11) is 2.90. The number of esters is 1. The first-order chi connectivity index (χ1) is 8.93. The van der Waals surface area contributed by atoms with Crippen molar-refractivity contribution >= 4 is 39.6 Å². The molecule has 0 saturated carbocycles. The summed E-state index contributed by atoms with van der Waals surface area (Å²) in [6.45, 7) is 1.98. The number of thioether (sulfide) groups is 1. The van der Waals surface area contributed by atoms with Crippen LogP contribution in [0.3, 0.4) is 0 Å². The molecule has 19 heavy (non-hydrogen) atoms. The number of hydrogen-bond donors (Lipinski definition) is 0. The number of halogens is 1. The predicted molar refractivity (Wildman–Crippen MR) is 79.3 cm³/mol. The molecule has 104 valence electrons. The Morgan fingerprint density at radius 3 is 2.68 bits per heavy atom. The highest BCUT2D eigenvalue weighted by molar-refractivity contribution is 9.10. The first-order valence-corrected chi connectivity index (χ1v) is 7.41. The number of methoxy groups -OCH3 is 1. The van der Waals surface area contributed by atoms with Crippen molar-refractivity contribution < 1.29 is 14.3 Å². The third-order valence-corrected chi connectivity index (χ3v) is 4.16. The van der Waals surface area contributed by atoms with Crippen LogP contribution in [0.15, 0.2) is 27.6 Å². The van der Waals surface area contributed by atoms with Gasteiger partial charge in [0, 0.05) is 16.4 Å². The van der Waals surface area contributed by atoms with E-state index in [9.17, 15) is 9.59 Å². The highest BCUT2D eigenvalue weighted by Crippen LogP contribution is 2.25. The molecule has 0 fully saturated rings. The van der Waals surface area contributed by atoms with Crippen LogP contribution in [0.5, 0.6) is 0 Å². The summed E-state index contributed by atoms with van der Waals surface area (Å²) in [5, 5.41) is 0. The third-order valence-electron chi connectivity index (χ3n) is 2.51. The zero-order valence-electron chi connectivity index (χ0n) is 11.1. The summed E-state index contributed by atoms with van der Waals surface area (Å²) in [5.74, 6) is -0.214. The monoisotopic (exact) mass is 345 g/mol. The van der Waals surface area contributed by atoms with Gasteiger partial charge in [-0.1, -0.05) is 15.9 Å². The van der Waals surface area contributed by atoms with Crippen LogP contribution < -0.4 is 0 Å². The van der Waals surface area contributed by atoms with Gasteiger partial charge < -0.3 is 9.64 Å². The molecule has 1 amide bonds. The summed E-state index contributed by atoms with van der Waals surface area (Å²) < 4.78 is 5.54. The van der Waals surface area contributed by atoms with Crippen molar-refractivity contribution in [2.24, 2.45) is 0 Å². The molecule has 1 aromatic rings. The predicted octanol–water partition coefficient (Wildman–Crippen LogP) is 2.48. The molecule has 0 N–H and O–H groups in total. The summed E-state index contributed by atoms with van der Waals surface area (Å²) >= 11 is 4.86. The molecule has 0 atom stereocenters. The molecule has 4 nitrogen and oxygen atoms in total. The molecule has 0 bridgehead atoms. The van der Waals surface area contributed by atoms with Gasteiger partial charge in [-0.3, -0.25) is 9.59 Å². The maximum Gasteiger partial charge on any atom is 0.325 e. The minimum absolute atomic E-state index is 0.0186. The van der Waals surface area contributed by atoms with Crippen LogP contribution >= 0.6 is 27.7 Å². The smallest absolute Gasteiger partial charge is 0.325 e. The highest BCUT2D eigenvalue weighted by Gasteiger charge is 2.13. The Hall–Kier alpha value is -1.01. The lowest BCUT2D eigenvalue weighted by molar-refractivity contribution is -0.145. The number of carbonyl (C=O) groups excluding carboxylic acids is 2. The van der Waals surface area contributed by atoms with E-state index < -0.39 is 5.97 Å². The summed E-state index contributed by atoms with van der Waals surface area (Å²) in [6.07, 6.45) is 0. The number of nitrogens with zero attached hydrogens (tertiary/aromatic N) is 1. The molecule has 1 rings (SSSR count). The maximum absolute atomic E-state index is 11.8. The average Bonchev–Trinajstić information content (AvgIpc) is 2.37. The molecule has 6 heteroatoms. The van der Waals surface area contributed by atoms with Crippen LogP contribution in [-0.4, -0.2) is 43.2 Å². The van der Waals surface area contributed by atoms with E-state index in [1.54, 1.807) is 7.05 Å². The summed E-state index contributed by atoms with van der Waals surface area (Å²) in [4.78, 5) is 25.3. The van der Waals surface area contributed by atoms with E-state index in [-0.39, 0.29) is 12.5 Å². The molecule has 0 unspecified atom stereocenters. The van der Waals surface area contributed by atoms with Crippen LogP contribution in [0.4, 0.5) is 0 Å². The molecule has 1 aromatic carbocycles. The van der Waals surface area contributed by atoms with Crippen molar-refractivity contribution in [2.75, 3.05) is 26.5 Å². The molecular formula is C13H16BrNO3S. The van der Waals surface area contributed by atoms with Gasteiger partial charge in [-0.2, -0.15) is 0 Å². The Labute approximate surface area is 125 Å². The Morgan fingerprint density at radius 1 is 1.42 bits per heavy atom. The second-order valence-corrected chi connectivity index (χ2v) is 5.96. The Kier molecular flexibility index (Phi) is 6.37. The van der Waals surface area contributed by atoms with Crippen LogP contribution in [0, 0.1) is 6.92 Å². The van der Waals surface area contributed by atoms with Crippen molar-refractivity contribution in [1.29, 1.82) is 0 Å². The van der Waals surface area contributed by atoms with Crippen molar-refractivity contribution in [3.8, 4) is 0 Å². The Balaban J connectivity index is 2.52. The molecule has 0 saturated heterocycles. The van der Waals surface area contributed by atoms with Gasteiger partial charge in [-0.05, 0) is 30.7 Å². The van der Waals surface area contributed by atoms with Crippen LogP contribution in [-0.2, 0) is 14.3 Å². The summed E-state index contributed by atoms with van der Waals surface area (Å²) in [5.41, 5.74) is 1.11. The summed E-state index contributed by atoms with van der Waals surface area (Å²) in [6, 6.07) is 5.92. The van der Waals surface area contributed by atoms with Gasteiger partial charge in [-0.15, -0.1) is 11.8 Å². The number of benzene rings is 1. The van der Waals surface area contributed by atoms with Crippen LogP contribution in [0.2, 0.25) is 0 Å². The molecule has 0 radical (unpaired) electrons.